The molecule has 0 radical (unpaired) electrons. The minimum Gasteiger partial charge on any atom is -0.338 e. The molecule has 0 saturated heterocycles. The molecule has 0 fully saturated rings. The van der Waals surface area contributed by atoms with Gasteiger partial charge in [0.15, 0.2) is 0 Å². The average molecular weight is 244 g/mol. The Kier molecular flexibility index (Phi) is 3.77. The van der Waals surface area contributed by atoms with Gasteiger partial charge in [-0.05, 0) is 38.0 Å². The van der Waals surface area contributed by atoms with Gasteiger partial charge < -0.3 is 10.3 Å². The molecule has 2 heterocycles. The maximum absolute atomic E-state index is 6.23. The molecule has 2 aromatic rings. The summed E-state index contributed by atoms with van der Waals surface area (Å²) in [6.07, 6.45) is 5.57. The van der Waals surface area contributed by atoms with Crippen molar-refractivity contribution >= 4 is 0 Å². The standard InChI is InChI=1S/C14H20N4/c1-10-8-12(9-11(2)17-10)13(15)4-5-14-16-6-7-18(14)3/h6-9,13H,4-5,15H2,1-3H3. The van der Waals surface area contributed by atoms with Crippen LogP contribution in [0.5, 0.6) is 0 Å². The fourth-order valence-electron chi connectivity index (χ4n) is 2.17. The number of hydrogen-bond acceptors (Lipinski definition) is 3. The number of hydrogen-bond donors (Lipinski definition) is 1. The van der Waals surface area contributed by atoms with Crippen LogP contribution in [0.1, 0.15) is 35.2 Å². The van der Waals surface area contributed by atoms with Gasteiger partial charge in [0, 0.05) is 43.3 Å². The maximum atomic E-state index is 6.23. The second kappa shape index (κ2) is 5.31. The smallest absolute Gasteiger partial charge is 0.108 e. The lowest BCUT2D eigenvalue weighted by atomic mass is 10.0. The molecule has 2 aromatic heterocycles. The molecule has 18 heavy (non-hydrogen) atoms. The Morgan fingerprint density at radius 2 is 1.94 bits per heavy atom. The molecule has 0 amide bonds. The van der Waals surface area contributed by atoms with Crippen LogP contribution in [0.2, 0.25) is 0 Å². The third kappa shape index (κ3) is 2.96. The van der Waals surface area contributed by atoms with Crippen LogP contribution in [0, 0.1) is 13.8 Å². The predicted molar refractivity (Wildman–Crippen MR) is 72.2 cm³/mol. The van der Waals surface area contributed by atoms with E-state index in [0.717, 1.165) is 35.6 Å². The van der Waals surface area contributed by atoms with Gasteiger partial charge in [-0.3, -0.25) is 4.98 Å². The van der Waals surface area contributed by atoms with Crippen LogP contribution in [0.25, 0.3) is 0 Å². The van der Waals surface area contributed by atoms with Gasteiger partial charge in [-0.25, -0.2) is 4.98 Å². The first-order valence-electron chi connectivity index (χ1n) is 6.23. The number of rotatable bonds is 4. The van der Waals surface area contributed by atoms with Crippen LogP contribution < -0.4 is 5.73 Å². The zero-order valence-electron chi connectivity index (χ0n) is 11.2. The molecule has 0 saturated carbocycles. The van der Waals surface area contributed by atoms with Gasteiger partial charge >= 0.3 is 0 Å². The van der Waals surface area contributed by atoms with Gasteiger partial charge in [-0.1, -0.05) is 0 Å². The first-order valence-corrected chi connectivity index (χ1v) is 6.23. The molecule has 1 unspecified atom stereocenters. The Morgan fingerprint density at radius 1 is 1.28 bits per heavy atom. The van der Waals surface area contributed by atoms with E-state index in [1.807, 2.05) is 37.9 Å². The number of aryl methyl sites for hydroxylation is 4. The summed E-state index contributed by atoms with van der Waals surface area (Å²) < 4.78 is 2.04. The molecular weight excluding hydrogens is 224 g/mol. The van der Waals surface area contributed by atoms with E-state index in [9.17, 15) is 0 Å². The van der Waals surface area contributed by atoms with Crippen LogP contribution in [0.15, 0.2) is 24.5 Å². The fourth-order valence-corrected chi connectivity index (χ4v) is 2.17. The lowest BCUT2D eigenvalue weighted by Gasteiger charge is -2.13. The number of pyridine rings is 1. The number of nitrogens with zero attached hydrogens (tertiary/aromatic N) is 3. The number of aromatic nitrogens is 3. The highest BCUT2D eigenvalue weighted by molar-refractivity contribution is 5.23. The lowest BCUT2D eigenvalue weighted by molar-refractivity contribution is 0.619. The third-order valence-electron chi connectivity index (χ3n) is 3.13. The molecule has 2 N–H and O–H groups in total. The van der Waals surface area contributed by atoms with E-state index in [4.69, 9.17) is 5.73 Å². The van der Waals surface area contributed by atoms with E-state index in [1.165, 1.54) is 0 Å². The second-order valence-electron chi connectivity index (χ2n) is 4.78. The van der Waals surface area contributed by atoms with Crippen LogP contribution >= 0.6 is 0 Å². The predicted octanol–water partition coefficient (Wildman–Crippen LogP) is 2.06. The Labute approximate surface area is 108 Å². The van der Waals surface area contributed by atoms with E-state index >= 15 is 0 Å². The summed E-state index contributed by atoms with van der Waals surface area (Å²) in [7, 11) is 2.01. The molecule has 1 atom stereocenters. The second-order valence-corrected chi connectivity index (χ2v) is 4.78. The normalized spacial score (nSPS) is 12.7. The van der Waals surface area contributed by atoms with E-state index in [0.29, 0.717) is 0 Å². The van der Waals surface area contributed by atoms with E-state index in [2.05, 4.69) is 22.1 Å². The van der Waals surface area contributed by atoms with Crippen LogP contribution in [0.4, 0.5) is 0 Å². The van der Waals surface area contributed by atoms with Gasteiger partial charge in [0.05, 0.1) is 0 Å². The summed E-state index contributed by atoms with van der Waals surface area (Å²) >= 11 is 0. The molecule has 0 aliphatic heterocycles. The first kappa shape index (κ1) is 12.8. The van der Waals surface area contributed by atoms with Crippen molar-refractivity contribution in [1.29, 1.82) is 0 Å². The third-order valence-corrected chi connectivity index (χ3v) is 3.13. The largest absolute Gasteiger partial charge is 0.338 e. The van der Waals surface area contributed by atoms with E-state index in [1.54, 1.807) is 0 Å². The van der Waals surface area contributed by atoms with Crippen molar-refractivity contribution in [2.45, 2.75) is 32.7 Å². The SMILES string of the molecule is Cc1cc(C(N)CCc2nccn2C)cc(C)n1. The molecular formula is C14H20N4. The molecule has 96 valence electrons. The average Bonchev–Trinajstić information content (AvgIpc) is 2.70. The Hall–Kier alpha value is -1.68. The van der Waals surface area contributed by atoms with Crippen LogP contribution in [-0.4, -0.2) is 14.5 Å². The monoisotopic (exact) mass is 244 g/mol. The molecule has 4 nitrogen and oxygen atoms in total. The van der Waals surface area contributed by atoms with Gasteiger partial charge in [0.2, 0.25) is 0 Å². The molecule has 4 heteroatoms. The quantitative estimate of drug-likeness (QED) is 0.895. The van der Waals surface area contributed by atoms with Crippen molar-refractivity contribution in [2.24, 2.45) is 12.8 Å². The number of nitrogens with two attached hydrogens (primary N) is 1. The summed E-state index contributed by atoms with van der Waals surface area (Å²) in [5.41, 5.74) is 9.45. The zero-order chi connectivity index (χ0) is 13.1. The Bertz CT molecular complexity index is 510. The molecule has 0 spiro atoms. The van der Waals surface area contributed by atoms with E-state index < -0.39 is 0 Å². The Morgan fingerprint density at radius 3 is 2.50 bits per heavy atom. The minimum absolute atomic E-state index is 0.0436. The highest BCUT2D eigenvalue weighted by Gasteiger charge is 2.09. The zero-order valence-corrected chi connectivity index (χ0v) is 11.2. The molecule has 0 aliphatic rings. The fraction of sp³-hybridized carbons (Fsp3) is 0.429. The summed E-state index contributed by atoms with van der Waals surface area (Å²) in [4.78, 5) is 8.68. The minimum atomic E-state index is 0.0436. The summed E-state index contributed by atoms with van der Waals surface area (Å²) in [6.45, 7) is 4.00. The highest BCUT2D eigenvalue weighted by atomic mass is 15.0. The van der Waals surface area contributed by atoms with Crippen molar-refractivity contribution in [3.63, 3.8) is 0 Å². The summed E-state index contributed by atoms with van der Waals surface area (Å²) in [6, 6.07) is 4.17. The van der Waals surface area contributed by atoms with Crippen molar-refractivity contribution in [3.8, 4) is 0 Å². The maximum Gasteiger partial charge on any atom is 0.108 e. The van der Waals surface area contributed by atoms with Gasteiger partial charge in [0.1, 0.15) is 5.82 Å². The van der Waals surface area contributed by atoms with Crippen molar-refractivity contribution < 1.29 is 0 Å². The van der Waals surface area contributed by atoms with Gasteiger partial charge in [0.25, 0.3) is 0 Å². The van der Waals surface area contributed by atoms with Crippen molar-refractivity contribution in [3.05, 3.63) is 47.3 Å². The van der Waals surface area contributed by atoms with Crippen molar-refractivity contribution in [1.82, 2.24) is 14.5 Å². The topological polar surface area (TPSA) is 56.7 Å². The van der Waals surface area contributed by atoms with Gasteiger partial charge in [-0.2, -0.15) is 0 Å². The highest BCUT2D eigenvalue weighted by Crippen LogP contribution is 2.17. The summed E-state index contributed by atoms with van der Waals surface area (Å²) in [5.74, 6) is 1.08. The molecule has 0 bridgehead atoms. The lowest BCUT2D eigenvalue weighted by Crippen LogP contribution is -2.13. The molecule has 2 rings (SSSR count). The van der Waals surface area contributed by atoms with Gasteiger partial charge in [-0.15, -0.1) is 0 Å². The van der Waals surface area contributed by atoms with E-state index in [-0.39, 0.29) is 6.04 Å². The number of imidazole rings is 1. The molecule has 0 aromatic carbocycles. The summed E-state index contributed by atoms with van der Waals surface area (Å²) in [5, 5.41) is 0. The van der Waals surface area contributed by atoms with Crippen molar-refractivity contribution in [2.75, 3.05) is 0 Å². The van der Waals surface area contributed by atoms with Crippen LogP contribution in [0.3, 0.4) is 0 Å². The molecule has 0 aliphatic carbocycles. The Balaban J connectivity index is 2.03. The first-order chi connectivity index (χ1) is 8.56. The van der Waals surface area contributed by atoms with Crippen LogP contribution in [-0.2, 0) is 13.5 Å².